The number of halogens is 3. The fourth-order valence-electron chi connectivity index (χ4n) is 2.89. The molecular formula is C18H15F3NO2+. The lowest BCUT2D eigenvalue weighted by atomic mass is 10.0. The highest BCUT2D eigenvalue weighted by molar-refractivity contribution is 6.11. The van der Waals surface area contributed by atoms with Crippen LogP contribution < -0.4 is 4.57 Å². The molecule has 24 heavy (non-hydrogen) atoms. The fourth-order valence-corrected chi connectivity index (χ4v) is 2.89. The van der Waals surface area contributed by atoms with Crippen molar-refractivity contribution in [2.24, 2.45) is 0 Å². The van der Waals surface area contributed by atoms with Crippen molar-refractivity contribution in [3.63, 3.8) is 0 Å². The average molecular weight is 334 g/mol. The van der Waals surface area contributed by atoms with Crippen molar-refractivity contribution in [2.75, 3.05) is 6.61 Å². The van der Waals surface area contributed by atoms with Crippen LogP contribution in [0.2, 0.25) is 0 Å². The van der Waals surface area contributed by atoms with E-state index in [1.165, 1.54) is 0 Å². The molecule has 0 bridgehead atoms. The van der Waals surface area contributed by atoms with Crippen molar-refractivity contribution in [2.45, 2.75) is 19.6 Å². The van der Waals surface area contributed by atoms with Gasteiger partial charge in [-0.25, -0.2) is 4.79 Å². The number of fused-ring (bicyclic) bond motifs is 3. The van der Waals surface area contributed by atoms with E-state index < -0.39 is 18.7 Å². The SMILES string of the molecule is CCOC(=O)c1c2ccccc2c2ccccc2[n+]1CC(F)(F)F. The highest BCUT2D eigenvalue weighted by Gasteiger charge is 2.39. The van der Waals surface area contributed by atoms with Crippen molar-refractivity contribution < 1.29 is 27.3 Å². The summed E-state index contributed by atoms with van der Waals surface area (Å²) in [7, 11) is 0. The molecule has 0 amide bonds. The van der Waals surface area contributed by atoms with Gasteiger partial charge in [0.15, 0.2) is 0 Å². The number of carbonyl (C=O) groups is 1. The van der Waals surface area contributed by atoms with Gasteiger partial charge in [-0.1, -0.05) is 30.3 Å². The summed E-state index contributed by atoms with van der Waals surface area (Å²) in [4.78, 5) is 12.4. The van der Waals surface area contributed by atoms with Crippen molar-refractivity contribution >= 4 is 27.6 Å². The van der Waals surface area contributed by atoms with E-state index in [4.69, 9.17) is 4.74 Å². The maximum atomic E-state index is 13.1. The Kier molecular flexibility index (Phi) is 4.13. The highest BCUT2D eigenvalue weighted by Crippen LogP contribution is 2.27. The first-order chi connectivity index (χ1) is 11.4. The summed E-state index contributed by atoms with van der Waals surface area (Å²) in [6.07, 6.45) is -4.46. The van der Waals surface area contributed by atoms with Crippen LogP contribution in [0.5, 0.6) is 0 Å². The quantitative estimate of drug-likeness (QED) is 0.411. The number of pyridine rings is 1. The lowest BCUT2D eigenvalue weighted by molar-refractivity contribution is -0.696. The van der Waals surface area contributed by atoms with Gasteiger partial charge in [0.1, 0.15) is 0 Å². The van der Waals surface area contributed by atoms with Gasteiger partial charge in [0.05, 0.1) is 17.4 Å². The van der Waals surface area contributed by atoms with E-state index in [2.05, 4.69) is 0 Å². The van der Waals surface area contributed by atoms with Crippen molar-refractivity contribution in [3.05, 3.63) is 54.2 Å². The molecule has 0 saturated carbocycles. The van der Waals surface area contributed by atoms with Gasteiger partial charge < -0.3 is 4.74 Å². The van der Waals surface area contributed by atoms with Crippen LogP contribution in [0.1, 0.15) is 17.4 Å². The molecule has 6 heteroatoms. The number of rotatable bonds is 3. The molecule has 3 nitrogen and oxygen atoms in total. The normalized spacial score (nSPS) is 11.8. The summed E-state index contributed by atoms with van der Waals surface area (Å²) in [6.45, 7) is 0.452. The average Bonchev–Trinajstić information content (AvgIpc) is 2.54. The smallest absolute Gasteiger partial charge is 0.448 e. The number of hydrogen-bond donors (Lipinski definition) is 0. The first kappa shape index (κ1) is 16.2. The Bertz CT molecular complexity index is 919. The van der Waals surface area contributed by atoms with Gasteiger partial charge in [-0.15, -0.1) is 0 Å². The van der Waals surface area contributed by atoms with Crippen LogP contribution in [0, 0.1) is 0 Å². The first-order valence-electron chi connectivity index (χ1n) is 7.49. The predicted molar refractivity (Wildman–Crippen MR) is 83.7 cm³/mol. The number of carbonyl (C=O) groups excluding carboxylic acids is 1. The van der Waals surface area contributed by atoms with Crippen molar-refractivity contribution in [1.29, 1.82) is 0 Å². The van der Waals surface area contributed by atoms with E-state index in [-0.39, 0.29) is 12.3 Å². The van der Waals surface area contributed by atoms with Crippen LogP contribution in [0.4, 0.5) is 13.2 Å². The lowest BCUT2D eigenvalue weighted by Crippen LogP contribution is -2.47. The van der Waals surface area contributed by atoms with Gasteiger partial charge in [0.25, 0.3) is 5.69 Å². The molecule has 0 aliphatic rings. The number of hydrogen-bond acceptors (Lipinski definition) is 2. The zero-order chi connectivity index (χ0) is 17.3. The molecular weight excluding hydrogens is 319 g/mol. The second kappa shape index (κ2) is 6.11. The van der Waals surface area contributed by atoms with Crippen LogP contribution in [-0.2, 0) is 11.3 Å². The van der Waals surface area contributed by atoms with Crippen LogP contribution in [-0.4, -0.2) is 18.8 Å². The number of alkyl halides is 3. The van der Waals surface area contributed by atoms with E-state index >= 15 is 0 Å². The molecule has 3 aromatic rings. The summed E-state index contributed by atoms with van der Waals surface area (Å²) in [5, 5.41) is 1.82. The molecule has 0 unspecified atom stereocenters. The molecule has 3 rings (SSSR count). The standard InChI is InChI=1S/C18H15F3NO2/c1-2-24-17(23)16-14-9-4-3-7-12(14)13-8-5-6-10-15(13)22(16)11-18(19,20)21/h3-10H,2,11H2,1H3/q+1. The van der Waals surface area contributed by atoms with Gasteiger partial charge in [-0.05, 0) is 19.1 Å². The summed E-state index contributed by atoms with van der Waals surface area (Å²) in [5.74, 6) is -0.760. The van der Waals surface area contributed by atoms with Crippen LogP contribution in [0.15, 0.2) is 48.5 Å². The van der Waals surface area contributed by atoms with Crippen LogP contribution in [0.25, 0.3) is 21.7 Å². The molecule has 0 N–H and O–H groups in total. The number of ether oxygens (including phenoxy) is 1. The Hall–Kier alpha value is -2.63. The van der Waals surface area contributed by atoms with Gasteiger partial charge in [-0.2, -0.15) is 17.7 Å². The van der Waals surface area contributed by atoms with Crippen molar-refractivity contribution in [3.8, 4) is 0 Å². The molecule has 2 aromatic carbocycles. The molecule has 0 atom stereocenters. The lowest BCUT2D eigenvalue weighted by Gasteiger charge is -2.12. The maximum absolute atomic E-state index is 13.1. The number of para-hydroxylation sites is 1. The zero-order valence-corrected chi connectivity index (χ0v) is 12.9. The maximum Gasteiger partial charge on any atom is 0.448 e. The number of esters is 1. The number of aromatic nitrogens is 1. The van der Waals surface area contributed by atoms with Crippen molar-refractivity contribution in [1.82, 2.24) is 0 Å². The molecule has 0 saturated heterocycles. The van der Waals surface area contributed by atoms with E-state index in [9.17, 15) is 18.0 Å². The summed E-state index contributed by atoms with van der Waals surface area (Å²) >= 11 is 0. The minimum absolute atomic E-state index is 0.0801. The van der Waals surface area contributed by atoms with Gasteiger partial charge in [-0.3, -0.25) is 0 Å². The van der Waals surface area contributed by atoms with Gasteiger partial charge in [0.2, 0.25) is 12.1 Å². The zero-order valence-electron chi connectivity index (χ0n) is 12.9. The molecule has 0 radical (unpaired) electrons. The van der Waals surface area contributed by atoms with E-state index in [0.29, 0.717) is 16.3 Å². The van der Waals surface area contributed by atoms with Crippen LogP contribution in [0.3, 0.4) is 0 Å². The Morgan fingerprint density at radius 2 is 1.58 bits per heavy atom. The molecule has 0 fully saturated rings. The highest BCUT2D eigenvalue weighted by atomic mass is 19.4. The second-order valence-electron chi connectivity index (χ2n) is 5.33. The van der Waals surface area contributed by atoms with E-state index in [1.807, 2.05) is 0 Å². The molecule has 0 spiro atoms. The number of benzene rings is 2. The number of nitrogens with zero attached hydrogens (tertiary/aromatic N) is 1. The summed E-state index contributed by atoms with van der Waals surface area (Å²) < 4.78 is 45.4. The summed E-state index contributed by atoms with van der Waals surface area (Å²) in [5.41, 5.74) is 0.264. The van der Waals surface area contributed by atoms with E-state index in [0.717, 1.165) is 9.95 Å². The first-order valence-corrected chi connectivity index (χ1v) is 7.49. The minimum Gasteiger partial charge on any atom is -0.458 e. The van der Waals surface area contributed by atoms with Gasteiger partial charge >= 0.3 is 12.1 Å². The molecule has 1 heterocycles. The molecule has 1 aromatic heterocycles. The third-order valence-electron chi connectivity index (χ3n) is 3.74. The minimum atomic E-state index is -4.46. The monoisotopic (exact) mass is 334 g/mol. The third kappa shape index (κ3) is 2.91. The van der Waals surface area contributed by atoms with Gasteiger partial charge in [0, 0.05) is 11.5 Å². The van der Waals surface area contributed by atoms with Crippen LogP contribution >= 0.6 is 0 Å². The Morgan fingerprint density at radius 3 is 2.21 bits per heavy atom. The van der Waals surface area contributed by atoms with E-state index in [1.54, 1.807) is 55.5 Å². The second-order valence-corrected chi connectivity index (χ2v) is 5.33. The third-order valence-corrected chi connectivity index (χ3v) is 3.74. The summed E-state index contributed by atoms with van der Waals surface area (Å²) in [6, 6.07) is 13.7. The largest absolute Gasteiger partial charge is 0.458 e. The molecule has 0 aliphatic heterocycles. The predicted octanol–water partition coefficient (Wildman–Crippen LogP) is 4.02. The fraction of sp³-hybridized carbons (Fsp3) is 0.222. The molecule has 0 aliphatic carbocycles. The molecule has 124 valence electrons. The Labute approximate surface area is 136 Å². The topological polar surface area (TPSA) is 30.2 Å². The Balaban J connectivity index is 2.45. The Morgan fingerprint density at radius 1 is 1.00 bits per heavy atom.